The average Bonchev–Trinajstić information content (AvgIpc) is 2.77. The van der Waals surface area contributed by atoms with Gasteiger partial charge in [-0.15, -0.1) is 0 Å². The zero-order chi connectivity index (χ0) is 12.3. The summed E-state index contributed by atoms with van der Waals surface area (Å²) in [6.45, 7) is 0.759. The van der Waals surface area contributed by atoms with Crippen molar-refractivity contribution in [1.29, 1.82) is 0 Å². The second kappa shape index (κ2) is 5.19. The summed E-state index contributed by atoms with van der Waals surface area (Å²) in [6, 6.07) is 6.70. The number of phenolic OH excluding ortho intramolecular Hbond substituents is 1. The van der Waals surface area contributed by atoms with Gasteiger partial charge in [-0.1, -0.05) is 12.1 Å². The van der Waals surface area contributed by atoms with Gasteiger partial charge >= 0.3 is 0 Å². The highest BCUT2D eigenvalue weighted by Crippen LogP contribution is 2.19. The summed E-state index contributed by atoms with van der Waals surface area (Å²) in [5.74, 6) is 0.197. The quantitative estimate of drug-likeness (QED) is 0.819. The summed E-state index contributed by atoms with van der Waals surface area (Å²) >= 11 is 0. The van der Waals surface area contributed by atoms with Crippen LogP contribution in [0, 0.1) is 0 Å². The Morgan fingerprint density at radius 3 is 3.00 bits per heavy atom. The summed E-state index contributed by atoms with van der Waals surface area (Å²) in [4.78, 5) is 13.8. The van der Waals surface area contributed by atoms with E-state index in [2.05, 4.69) is 0 Å². The Hall–Kier alpha value is -1.55. The summed E-state index contributed by atoms with van der Waals surface area (Å²) in [5, 5.41) is 18.5. The van der Waals surface area contributed by atoms with Crippen molar-refractivity contribution in [1.82, 2.24) is 4.90 Å². The number of carbonyl (C=O) groups is 1. The van der Waals surface area contributed by atoms with E-state index in [1.807, 2.05) is 6.07 Å². The van der Waals surface area contributed by atoms with Gasteiger partial charge < -0.3 is 15.1 Å². The number of likely N-dealkylation sites (tertiary alicyclic amines) is 1. The molecule has 0 unspecified atom stereocenters. The maximum Gasteiger partial charge on any atom is 0.227 e. The molecule has 1 aromatic carbocycles. The first-order valence-corrected chi connectivity index (χ1v) is 5.89. The molecule has 17 heavy (non-hydrogen) atoms. The van der Waals surface area contributed by atoms with Crippen LogP contribution in [0.4, 0.5) is 0 Å². The van der Waals surface area contributed by atoms with Gasteiger partial charge in [0.15, 0.2) is 0 Å². The van der Waals surface area contributed by atoms with Crippen LogP contribution in [0.3, 0.4) is 0 Å². The summed E-state index contributed by atoms with van der Waals surface area (Å²) in [7, 11) is 0. The fourth-order valence-corrected chi connectivity index (χ4v) is 2.30. The molecule has 1 fully saturated rings. The van der Waals surface area contributed by atoms with Crippen molar-refractivity contribution in [2.24, 2.45) is 0 Å². The second-order valence-corrected chi connectivity index (χ2v) is 4.41. The Morgan fingerprint density at radius 2 is 2.29 bits per heavy atom. The van der Waals surface area contributed by atoms with Crippen LogP contribution in [0.5, 0.6) is 5.75 Å². The highest BCUT2D eigenvalue weighted by atomic mass is 16.3. The number of aliphatic hydroxyl groups is 1. The standard InChI is InChI=1S/C13H17NO3/c15-9-11-4-2-6-14(11)13(17)8-10-3-1-5-12(16)7-10/h1,3,5,7,11,15-16H,2,4,6,8-9H2/t11-/m1/s1. The molecule has 1 heterocycles. The molecule has 0 aromatic heterocycles. The molecule has 0 saturated carbocycles. The van der Waals surface area contributed by atoms with Crippen LogP contribution in [0.1, 0.15) is 18.4 Å². The van der Waals surface area contributed by atoms with Crippen LogP contribution in [0.15, 0.2) is 24.3 Å². The van der Waals surface area contributed by atoms with E-state index in [-0.39, 0.29) is 30.7 Å². The Balaban J connectivity index is 2.01. The third-order valence-corrected chi connectivity index (χ3v) is 3.17. The van der Waals surface area contributed by atoms with Gasteiger partial charge in [0.2, 0.25) is 5.91 Å². The Kier molecular flexibility index (Phi) is 3.64. The summed E-state index contributed by atoms with van der Waals surface area (Å²) in [5.41, 5.74) is 0.804. The number of hydrogen-bond donors (Lipinski definition) is 2. The number of amides is 1. The summed E-state index contributed by atoms with van der Waals surface area (Å²) in [6.07, 6.45) is 2.12. The average molecular weight is 235 g/mol. The highest BCUT2D eigenvalue weighted by Gasteiger charge is 2.27. The van der Waals surface area contributed by atoms with Crippen LogP contribution in [0.2, 0.25) is 0 Å². The summed E-state index contributed by atoms with van der Waals surface area (Å²) < 4.78 is 0. The number of nitrogens with zero attached hydrogens (tertiary/aromatic N) is 1. The first kappa shape index (κ1) is 11.9. The number of aliphatic hydroxyl groups excluding tert-OH is 1. The fraction of sp³-hybridized carbons (Fsp3) is 0.462. The van der Waals surface area contributed by atoms with Crippen LogP contribution in [-0.4, -0.2) is 40.2 Å². The van der Waals surface area contributed by atoms with Gasteiger partial charge in [0.1, 0.15) is 5.75 Å². The van der Waals surface area contributed by atoms with E-state index in [0.717, 1.165) is 24.9 Å². The van der Waals surface area contributed by atoms with E-state index in [1.54, 1.807) is 23.1 Å². The smallest absolute Gasteiger partial charge is 0.227 e. The predicted octanol–water partition coefficient (Wildman–Crippen LogP) is 0.918. The third kappa shape index (κ3) is 2.77. The third-order valence-electron chi connectivity index (χ3n) is 3.17. The normalized spacial score (nSPS) is 19.6. The van der Waals surface area contributed by atoms with Gasteiger partial charge in [0, 0.05) is 6.54 Å². The second-order valence-electron chi connectivity index (χ2n) is 4.41. The number of phenols is 1. The predicted molar refractivity (Wildman–Crippen MR) is 63.6 cm³/mol. The van der Waals surface area contributed by atoms with Gasteiger partial charge in [0.05, 0.1) is 19.1 Å². The van der Waals surface area contributed by atoms with Gasteiger partial charge in [-0.2, -0.15) is 0 Å². The van der Waals surface area contributed by atoms with E-state index < -0.39 is 0 Å². The SMILES string of the molecule is O=C(Cc1cccc(O)c1)N1CCC[C@@H]1CO. The van der Waals surface area contributed by atoms with Crippen molar-refractivity contribution in [3.8, 4) is 5.75 Å². The molecule has 4 nitrogen and oxygen atoms in total. The van der Waals surface area contributed by atoms with Crippen molar-refractivity contribution in [2.45, 2.75) is 25.3 Å². The molecule has 1 amide bonds. The number of rotatable bonds is 3. The van der Waals surface area contributed by atoms with Crippen LogP contribution in [-0.2, 0) is 11.2 Å². The van der Waals surface area contributed by atoms with Crippen LogP contribution >= 0.6 is 0 Å². The van der Waals surface area contributed by atoms with Crippen molar-refractivity contribution in [2.75, 3.05) is 13.2 Å². The van der Waals surface area contributed by atoms with E-state index in [9.17, 15) is 9.90 Å². The topological polar surface area (TPSA) is 60.8 Å². The monoisotopic (exact) mass is 235 g/mol. The zero-order valence-electron chi connectivity index (χ0n) is 9.67. The molecule has 1 aromatic rings. The van der Waals surface area contributed by atoms with E-state index >= 15 is 0 Å². The molecule has 0 aliphatic carbocycles. The molecule has 0 radical (unpaired) electrons. The minimum absolute atomic E-state index is 0.0205. The molecule has 1 aliphatic heterocycles. The van der Waals surface area contributed by atoms with Gasteiger partial charge in [-0.3, -0.25) is 4.79 Å². The van der Waals surface area contributed by atoms with E-state index in [4.69, 9.17) is 5.11 Å². The molecule has 1 saturated heterocycles. The van der Waals surface area contributed by atoms with Crippen molar-refractivity contribution in [3.63, 3.8) is 0 Å². The van der Waals surface area contributed by atoms with Gasteiger partial charge in [-0.25, -0.2) is 0 Å². The molecular formula is C13H17NO3. The van der Waals surface area contributed by atoms with E-state index in [1.165, 1.54) is 0 Å². The van der Waals surface area contributed by atoms with Crippen molar-refractivity contribution >= 4 is 5.91 Å². The molecule has 4 heteroatoms. The first-order valence-electron chi connectivity index (χ1n) is 5.89. The molecular weight excluding hydrogens is 218 g/mol. The van der Waals surface area contributed by atoms with Crippen molar-refractivity contribution in [3.05, 3.63) is 29.8 Å². The lowest BCUT2D eigenvalue weighted by molar-refractivity contribution is -0.131. The first-order chi connectivity index (χ1) is 8.20. The van der Waals surface area contributed by atoms with Crippen LogP contribution in [0.25, 0.3) is 0 Å². The van der Waals surface area contributed by atoms with Crippen LogP contribution < -0.4 is 0 Å². The van der Waals surface area contributed by atoms with Gasteiger partial charge in [0.25, 0.3) is 0 Å². The Morgan fingerprint density at radius 1 is 1.47 bits per heavy atom. The molecule has 2 N–H and O–H groups in total. The Bertz CT molecular complexity index is 405. The number of hydrogen-bond acceptors (Lipinski definition) is 3. The maximum absolute atomic E-state index is 12.0. The lowest BCUT2D eigenvalue weighted by Gasteiger charge is -2.23. The minimum atomic E-state index is -0.0280. The number of aromatic hydroxyl groups is 1. The van der Waals surface area contributed by atoms with Crippen molar-refractivity contribution < 1.29 is 15.0 Å². The largest absolute Gasteiger partial charge is 0.508 e. The number of benzene rings is 1. The lowest BCUT2D eigenvalue weighted by atomic mass is 10.1. The zero-order valence-corrected chi connectivity index (χ0v) is 9.67. The maximum atomic E-state index is 12.0. The van der Waals surface area contributed by atoms with Gasteiger partial charge in [-0.05, 0) is 30.5 Å². The fourth-order valence-electron chi connectivity index (χ4n) is 2.30. The molecule has 1 atom stereocenters. The number of carbonyl (C=O) groups excluding carboxylic acids is 1. The minimum Gasteiger partial charge on any atom is -0.508 e. The molecule has 0 spiro atoms. The molecule has 92 valence electrons. The molecule has 0 bridgehead atoms. The Labute approximate surface area is 100 Å². The van der Waals surface area contributed by atoms with E-state index in [0.29, 0.717) is 0 Å². The molecule has 2 rings (SSSR count). The highest BCUT2D eigenvalue weighted by molar-refractivity contribution is 5.79. The lowest BCUT2D eigenvalue weighted by Crippen LogP contribution is -2.38. The molecule has 1 aliphatic rings.